The number of nitrogens with zero attached hydrogens (tertiary/aromatic N) is 1. The van der Waals surface area contributed by atoms with Gasteiger partial charge in [-0.25, -0.2) is 4.79 Å². The van der Waals surface area contributed by atoms with Crippen LogP contribution in [0.2, 0.25) is 5.02 Å². The fraction of sp³-hybridized carbons (Fsp3) is 0.263. The maximum atomic E-state index is 11.9. The molecule has 0 unspecified atom stereocenters. The molecule has 1 aromatic heterocycles. The van der Waals surface area contributed by atoms with Crippen LogP contribution in [0.4, 0.5) is 5.69 Å². The molecule has 2 N–H and O–H groups in total. The number of hydrogen-bond donors (Lipinski definition) is 2. The normalized spacial score (nSPS) is 10.1. The van der Waals surface area contributed by atoms with Gasteiger partial charge in [0.1, 0.15) is 5.69 Å². The van der Waals surface area contributed by atoms with Crippen LogP contribution in [0.15, 0.2) is 42.6 Å². The highest BCUT2D eigenvalue weighted by Gasteiger charge is 2.11. The van der Waals surface area contributed by atoms with Crippen molar-refractivity contribution in [2.24, 2.45) is 0 Å². The number of pyridine rings is 1. The van der Waals surface area contributed by atoms with Gasteiger partial charge in [0.25, 0.3) is 5.91 Å². The van der Waals surface area contributed by atoms with Crippen LogP contribution in [0.25, 0.3) is 0 Å². The fourth-order valence-electron chi connectivity index (χ4n) is 2.07. The van der Waals surface area contributed by atoms with Crippen molar-refractivity contribution < 1.29 is 19.1 Å². The number of esters is 1. The number of anilines is 1. The monoisotopic (exact) mass is 389 g/mol. The van der Waals surface area contributed by atoms with Crippen molar-refractivity contribution in [1.29, 1.82) is 0 Å². The largest absolute Gasteiger partial charge is 0.462 e. The first-order valence-corrected chi connectivity index (χ1v) is 8.84. The standard InChI is InChI=1S/C19H20ClN3O4/c1-2-3-10-27-19(26)13-4-6-15(7-5-13)23-17(24)12-22-18(25)16-11-14(20)8-9-21-16/h4-9,11H,2-3,10,12H2,1H3,(H,22,25)(H,23,24). The van der Waals surface area contributed by atoms with Gasteiger partial charge in [0.05, 0.1) is 18.7 Å². The van der Waals surface area contributed by atoms with Crippen molar-refractivity contribution in [2.75, 3.05) is 18.5 Å². The maximum absolute atomic E-state index is 11.9. The Balaban J connectivity index is 1.81. The molecule has 1 heterocycles. The van der Waals surface area contributed by atoms with Crippen LogP contribution in [0, 0.1) is 0 Å². The molecule has 2 rings (SSSR count). The van der Waals surface area contributed by atoms with Crippen LogP contribution in [-0.4, -0.2) is 35.9 Å². The minimum atomic E-state index is -0.502. The zero-order valence-electron chi connectivity index (χ0n) is 14.8. The molecule has 142 valence electrons. The van der Waals surface area contributed by atoms with Gasteiger partial charge in [-0.2, -0.15) is 0 Å². The Labute approximate surface area is 162 Å². The highest BCUT2D eigenvalue weighted by Crippen LogP contribution is 2.11. The summed E-state index contributed by atoms with van der Waals surface area (Å²) >= 11 is 5.80. The van der Waals surface area contributed by atoms with E-state index in [9.17, 15) is 14.4 Å². The predicted octanol–water partition coefficient (Wildman–Crippen LogP) is 3.06. The van der Waals surface area contributed by atoms with E-state index >= 15 is 0 Å². The molecule has 0 bridgehead atoms. The minimum absolute atomic E-state index is 0.126. The van der Waals surface area contributed by atoms with E-state index < -0.39 is 17.8 Å². The van der Waals surface area contributed by atoms with E-state index in [1.807, 2.05) is 6.92 Å². The summed E-state index contributed by atoms with van der Waals surface area (Å²) in [5, 5.41) is 5.47. The molecule has 8 heteroatoms. The van der Waals surface area contributed by atoms with E-state index in [0.717, 1.165) is 12.8 Å². The number of amides is 2. The topological polar surface area (TPSA) is 97.4 Å². The summed E-state index contributed by atoms with van der Waals surface area (Å²) < 4.78 is 5.12. The van der Waals surface area contributed by atoms with Crippen molar-refractivity contribution in [2.45, 2.75) is 19.8 Å². The molecular formula is C19H20ClN3O4. The van der Waals surface area contributed by atoms with Gasteiger partial charge in [-0.1, -0.05) is 24.9 Å². The van der Waals surface area contributed by atoms with E-state index in [2.05, 4.69) is 15.6 Å². The number of hydrogen-bond acceptors (Lipinski definition) is 5. The second kappa shape index (κ2) is 10.3. The van der Waals surface area contributed by atoms with Crippen molar-refractivity contribution >= 4 is 35.1 Å². The molecule has 0 saturated heterocycles. The summed E-state index contributed by atoms with van der Waals surface area (Å²) in [7, 11) is 0. The third-order valence-electron chi connectivity index (χ3n) is 3.50. The number of nitrogens with one attached hydrogen (secondary N) is 2. The van der Waals surface area contributed by atoms with Crippen molar-refractivity contribution in [3.63, 3.8) is 0 Å². The van der Waals surface area contributed by atoms with Crippen molar-refractivity contribution in [3.05, 3.63) is 58.9 Å². The Morgan fingerprint density at radius 1 is 1.15 bits per heavy atom. The zero-order valence-corrected chi connectivity index (χ0v) is 15.6. The predicted molar refractivity (Wildman–Crippen MR) is 102 cm³/mol. The van der Waals surface area contributed by atoms with Gasteiger partial charge in [0.15, 0.2) is 0 Å². The Kier molecular flexibility index (Phi) is 7.76. The lowest BCUT2D eigenvalue weighted by Crippen LogP contribution is -2.33. The Morgan fingerprint density at radius 2 is 1.89 bits per heavy atom. The molecule has 0 saturated carbocycles. The van der Waals surface area contributed by atoms with Crippen LogP contribution in [-0.2, 0) is 9.53 Å². The second-order valence-corrected chi connectivity index (χ2v) is 6.09. The van der Waals surface area contributed by atoms with E-state index in [4.69, 9.17) is 16.3 Å². The summed E-state index contributed by atoms with van der Waals surface area (Å²) in [6.45, 7) is 2.17. The van der Waals surface area contributed by atoms with Crippen LogP contribution in [0.3, 0.4) is 0 Å². The van der Waals surface area contributed by atoms with E-state index in [-0.39, 0.29) is 12.2 Å². The van der Waals surface area contributed by atoms with Gasteiger partial charge in [0, 0.05) is 16.9 Å². The highest BCUT2D eigenvalue weighted by atomic mass is 35.5. The Hall–Kier alpha value is -2.93. The second-order valence-electron chi connectivity index (χ2n) is 5.66. The third-order valence-corrected chi connectivity index (χ3v) is 3.73. The molecule has 1 aromatic carbocycles. The number of halogens is 1. The number of benzene rings is 1. The molecule has 0 aliphatic heterocycles. The average molecular weight is 390 g/mol. The summed E-state index contributed by atoms with van der Waals surface area (Å²) in [5.41, 5.74) is 1.03. The van der Waals surface area contributed by atoms with E-state index in [0.29, 0.717) is 22.9 Å². The van der Waals surface area contributed by atoms with Crippen molar-refractivity contribution in [3.8, 4) is 0 Å². The van der Waals surface area contributed by atoms with Gasteiger partial charge < -0.3 is 15.4 Å². The third kappa shape index (κ3) is 6.71. The number of aromatic nitrogens is 1. The number of ether oxygens (including phenoxy) is 1. The summed E-state index contributed by atoms with van der Waals surface area (Å²) in [6.07, 6.45) is 3.17. The van der Waals surface area contributed by atoms with Gasteiger partial charge >= 0.3 is 5.97 Å². The number of carbonyl (C=O) groups excluding carboxylic acids is 3. The smallest absolute Gasteiger partial charge is 0.338 e. The molecule has 7 nitrogen and oxygen atoms in total. The molecule has 0 radical (unpaired) electrons. The summed E-state index contributed by atoms with van der Waals surface area (Å²) in [5.74, 6) is -1.32. The first-order valence-electron chi connectivity index (χ1n) is 8.46. The lowest BCUT2D eigenvalue weighted by molar-refractivity contribution is -0.115. The minimum Gasteiger partial charge on any atom is -0.462 e. The van der Waals surface area contributed by atoms with Crippen LogP contribution < -0.4 is 10.6 Å². The summed E-state index contributed by atoms with van der Waals surface area (Å²) in [6, 6.07) is 9.28. The lowest BCUT2D eigenvalue weighted by atomic mass is 10.2. The number of unbranched alkanes of at least 4 members (excludes halogenated alkanes) is 1. The zero-order chi connectivity index (χ0) is 19.6. The fourth-order valence-corrected chi connectivity index (χ4v) is 2.23. The lowest BCUT2D eigenvalue weighted by Gasteiger charge is -2.08. The highest BCUT2D eigenvalue weighted by molar-refractivity contribution is 6.30. The van der Waals surface area contributed by atoms with Gasteiger partial charge in [-0.05, 0) is 42.8 Å². The SMILES string of the molecule is CCCCOC(=O)c1ccc(NC(=O)CNC(=O)c2cc(Cl)ccn2)cc1. The summed E-state index contributed by atoms with van der Waals surface area (Å²) in [4.78, 5) is 39.6. The Morgan fingerprint density at radius 3 is 2.56 bits per heavy atom. The average Bonchev–Trinajstić information content (AvgIpc) is 2.67. The Bertz CT molecular complexity index is 809. The molecule has 2 aromatic rings. The molecule has 0 aliphatic rings. The number of rotatable bonds is 8. The van der Waals surface area contributed by atoms with Crippen LogP contribution in [0.5, 0.6) is 0 Å². The quantitative estimate of drug-likeness (QED) is 0.534. The molecule has 27 heavy (non-hydrogen) atoms. The van der Waals surface area contributed by atoms with E-state index in [1.54, 1.807) is 30.3 Å². The molecule has 0 fully saturated rings. The van der Waals surface area contributed by atoms with Gasteiger partial charge in [-0.3, -0.25) is 14.6 Å². The maximum Gasteiger partial charge on any atom is 0.338 e. The van der Waals surface area contributed by atoms with Crippen LogP contribution in [0.1, 0.15) is 40.6 Å². The molecular weight excluding hydrogens is 370 g/mol. The first kappa shape index (κ1) is 20.4. The first-order chi connectivity index (χ1) is 13.0. The molecule has 0 atom stereocenters. The molecule has 0 aliphatic carbocycles. The van der Waals surface area contributed by atoms with Crippen molar-refractivity contribution in [1.82, 2.24) is 10.3 Å². The molecule has 0 spiro atoms. The van der Waals surface area contributed by atoms with Crippen LogP contribution >= 0.6 is 11.6 Å². The number of carbonyl (C=O) groups is 3. The van der Waals surface area contributed by atoms with E-state index in [1.165, 1.54) is 12.3 Å². The molecule has 2 amide bonds. The van der Waals surface area contributed by atoms with Gasteiger partial charge in [0.2, 0.25) is 5.91 Å². The van der Waals surface area contributed by atoms with Gasteiger partial charge in [-0.15, -0.1) is 0 Å².